The molecule has 2 atom stereocenters. The van der Waals surface area contributed by atoms with Gasteiger partial charge in [0, 0.05) is 32.2 Å². The maximum Gasteiger partial charge on any atom is 0.236 e. The average Bonchev–Trinajstić information content (AvgIpc) is 3.15. The number of nitrogens with two attached hydrogens (primary N) is 1. The SMILES string of the molecule is N[C@@H]1CN(CC(=O)N2CCOCC2)C[C@H]1C1CC1. The quantitative estimate of drug-likeness (QED) is 0.738. The Hall–Kier alpha value is -0.650. The number of ether oxygens (including phenoxy) is 1. The highest BCUT2D eigenvalue weighted by molar-refractivity contribution is 5.78. The van der Waals surface area contributed by atoms with Gasteiger partial charge in [0.05, 0.1) is 19.8 Å². The Morgan fingerprint density at radius 1 is 1.22 bits per heavy atom. The molecule has 2 N–H and O–H groups in total. The van der Waals surface area contributed by atoms with Crippen molar-refractivity contribution in [2.45, 2.75) is 18.9 Å². The fourth-order valence-electron chi connectivity index (χ4n) is 3.20. The van der Waals surface area contributed by atoms with Crippen molar-refractivity contribution in [3.8, 4) is 0 Å². The summed E-state index contributed by atoms with van der Waals surface area (Å²) in [7, 11) is 0. The zero-order valence-electron chi connectivity index (χ0n) is 10.9. The number of carbonyl (C=O) groups is 1. The Morgan fingerprint density at radius 2 is 1.94 bits per heavy atom. The van der Waals surface area contributed by atoms with Gasteiger partial charge in [0.2, 0.25) is 5.91 Å². The van der Waals surface area contributed by atoms with Crippen molar-refractivity contribution in [2.24, 2.45) is 17.6 Å². The molecule has 3 fully saturated rings. The minimum absolute atomic E-state index is 0.238. The minimum atomic E-state index is 0.238. The third-order valence-corrected chi connectivity index (χ3v) is 4.44. The maximum atomic E-state index is 12.1. The van der Waals surface area contributed by atoms with Crippen LogP contribution < -0.4 is 5.73 Å². The third kappa shape index (κ3) is 2.68. The highest BCUT2D eigenvalue weighted by Crippen LogP contribution is 2.40. The van der Waals surface area contributed by atoms with Gasteiger partial charge in [-0.3, -0.25) is 9.69 Å². The second-order valence-electron chi connectivity index (χ2n) is 5.85. The number of amides is 1. The number of rotatable bonds is 3. The van der Waals surface area contributed by atoms with E-state index in [9.17, 15) is 4.79 Å². The van der Waals surface area contributed by atoms with Gasteiger partial charge in [-0.1, -0.05) is 0 Å². The van der Waals surface area contributed by atoms with Crippen LogP contribution in [0.2, 0.25) is 0 Å². The van der Waals surface area contributed by atoms with Crippen LogP contribution in [-0.2, 0) is 9.53 Å². The predicted octanol–water partition coefficient (Wildman–Crippen LogP) is -0.486. The maximum absolute atomic E-state index is 12.1. The van der Waals surface area contributed by atoms with Crippen molar-refractivity contribution in [2.75, 3.05) is 45.9 Å². The summed E-state index contributed by atoms with van der Waals surface area (Å²) in [5.41, 5.74) is 6.18. The monoisotopic (exact) mass is 253 g/mol. The van der Waals surface area contributed by atoms with E-state index in [0.29, 0.717) is 25.7 Å². The average molecular weight is 253 g/mol. The first kappa shape index (κ1) is 12.4. The summed E-state index contributed by atoms with van der Waals surface area (Å²) in [5.74, 6) is 1.70. The fraction of sp³-hybridized carbons (Fsp3) is 0.923. The largest absolute Gasteiger partial charge is 0.378 e. The molecule has 1 amide bonds. The first-order valence-electron chi connectivity index (χ1n) is 7.07. The molecule has 2 aliphatic heterocycles. The topological polar surface area (TPSA) is 58.8 Å². The molecule has 3 aliphatic rings. The van der Waals surface area contributed by atoms with Gasteiger partial charge in [0.15, 0.2) is 0 Å². The van der Waals surface area contributed by atoms with Crippen LogP contribution in [0, 0.1) is 11.8 Å². The highest BCUT2D eigenvalue weighted by atomic mass is 16.5. The molecule has 1 saturated carbocycles. The highest BCUT2D eigenvalue weighted by Gasteiger charge is 2.41. The molecular weight excluding hydrogens is 230 g/mol. The van der Waals surface area contributed by atoms with Gasteiger partial charge in [0.1, 0.15) is 0 Å². The van der Waals surface area contributed by atoms with E-state index in [0.717, 1.165) is 32.1 Å². The van der Waals surface area contributed by atoms with Gasteiger partial charge < -0.3 is 15.4 Å². The second-order valence-corrected chi connectivity index (χ2v) is 5.85. The summed E-state index contributed by atoms with van der Waals surface area (Å²) in [4.78, 5) is 16.3. The van der Waals surface area contributed by atoms with E-state index in [1.807, 2.05) is 4.90 Å². The molecule has 0 radical (unpaired) electrons. The van der Waals surface area contributed by atoms with E-state index >= 15 is 0 Å². The van der Waals surface area contributed by atoms with Gasteiger partial charge in [0.25, 0.3) is 0 Å². The van der Waals surface area contributed by atoms with E-state index in [1.54, 1.807) is 0 Å². The normalized spacial score (nSPS) is 33.9. The van der Waals surface area contributed by atoms with Crippen LogP contribution in [0.5, 0.6) is 0 Å². The number of hydrogen-bond acceptors (Lipinski definition) is 4. The predicted molar refractivity (Wildman–Crippen MR) is 68.0 cm³/mol. The standard InChI is InChI=1S/C13H23N3O2/c14-12-8-15(7-11(12)10-1-2-10)9-13(17)16-3-5-18-6-4-16/h10-12H,1-9,14H2/t11-,12+/m0/s1. The van der Waals surface area contributed by atoms with E-state index in [4.69, 9.17) is 10.5 Å². The first-order valence-corrected chi connectivity index (χ1v) is 7.07. The molecule has 0 aromatic rings. The minimum Gasteiger partial charge on any atom is -0.378 e. The van der Waals surface area contributed by atoms with Crippen LogP contribution in [0.4, 0.5) is 0 Å². The van der Waals surface area contributed by atoms with Crippen molar-refractivity contribution in [1.29, 1.82) is 0 Å². The van der Waals surface area contributed by atoms with E-state index in [-0.39, 0.29) is 11.9 Å². The molecule has 0 unspecified atom stereocenters. The summed E-state index contributed by atoms with van der Waals surface area (Å²) in [6.07, 6.45) is 2.67. The molecule has 0 spiro atoms. The van der Waals surface area contributed by atoms with Gasteiger partial charge in [-0.25, -0.2) is 0 Å². The Kier molecular flexibility index (Phi) is 3.54. The molecule has 0 bridgehead atoms. The summed E-state index contributed by atoms with van der Waals surface area (Å²) >= 11 is 0. The molecule has 2 heterocycles. The Balaban J connectivity index is 1.49. The lowest BCUT2D eigenvalue weighted by atomic mass is 9.99. The zero-order chi connectivity index (χ0) is 12.5. The van der Waals surface area contributed by atoms with Crippen LogP contribution in [0.25, 0.3) is 0 Å². The number of hydrogen-bond donors (Lipinski definition) is 1. The summed E-state index contributed by atoms with van der Waals surface area (Å²) in [5, 5.41) is 0. The van der Waals surface area contributed by atoms with Crippen molar-refractivity contribution < 1.29 is 9.53 Å². The Bertz CT molecular complexity index is 313. The zero-order valence-corrected chi connectivity index (χ0v) is 10.9. The smallest absolute Gasteiger partial charge is 0.236 e. The fourth-order valence-corrected chi connectivity index (χ4v) is 3.20. The van der Waals surface area contributed by atoms with Gasteiger partial charge in [-0.2, -0.15) is 0 Å². The number of nitrogens with zero attached hydrogens (tertiary/aromatic N) is 2. The Morgan fingerprint density at radius 3 is 2.61 bits per heavy atom. The second kappa shape index (κ2) is 5.15. The van der Waals surface area contributed by atoms with Crippen LogP contribution >= 0.6 is 0 Å². The molecule has 1 aliphatic carbocycles. The molecule has 5 nitrogen and oxygen atoms in total. The lowest BCUT2D eigenvalue weighted by Crippen LogP contribution is -2.45. The van der Waals surface area contributed by atoms with E-state index in [2.05, 4.69) is 4.90 Å². The van der Waals surface area contributed by atoms with Crippen LogP contribution in [0.3, 0.4) is 0 Å². The van der Waals surface area contributed by atoms with Crippen LogP contribution in [-0.4, -0.2) is 67.7 Å². The van der Waals surface area contributed by atoms with Crippen molar-refractivity contribution in [3.63, 3.8) is 0 Å². The van der Waals surface area contributed by atoms with E-state index < -0.39 is 0 Å². The molecule has 0 aromatic carbocycles. The van der Waals surface area contributed by atoms with Crippen LogP contribution in [0.1, 0.15) is 12.8 Å². The molecule has 2 saturated heterocycles. The lowest BCUT2D eigenvalue weighted by Gasteiger charge is -2.28. The molecule has 5 heteroatoms. The van der Waals surface area contributed by atoms with Crippen molar-refractivity contribution in [1.82, 2.24) is 9.80 Å². The lowest BCUT2D eigenvalue weighted by molar-refractivity contribution is -0.136. The third-order valence-electron chi connectivity index (χ3n) is 4.44. The molecule has 102 valence electrons. The summed E-state index contributed by atoms with van der Waals surface area (Å²) < 4.78 is 5.27. The number of carbonyl (C=O) groups excluding carboxylic acids is 1. The van der Waals surface area contributed by atoms with Crippen molar-refractivity contribution >= 4 is 5.91 Å². The van der Waals surface area contributed by atoms with Gasteiger partial charge in [-0.05, 0) is 24.7 Å². The van der Waals surface area contributed by atoms with Crippen molar-refractivity contribution in [3.05, 3.63) is 0 Å². The summed E-state index contributed by atoms with van der Waals surface area (Å²) in [6, 6.07) is 0.273. The molecule has 18 heavy (non-hydrogen) atoms. The summed E-state index contributed by atoms with van der Waals surface area (Å²) in [6.45, 7) is 5.28. The first-order chi connectivity index (χ1) is 8.74. The number of likely N-dealkylation sites (tertiary alicyclic amines) is 1. The molecular formula is C13H23N3O2. The van der Waals surface area contributed by atoms with Gasteiger partial charge >= 0.3 is 0 Å². The Labute approximate surface area is 108 Å². The van der Waals surface area contributed by atoms with Crippen LogP contribution in [0.15, 0.2) is 0 Å². The number of morpholine rings is 1. The molecule has 0 aromatic heterocycles. The molecule has 3 rings (SSSR count). The van der Waals surface area contributed by atoms with E-state index in [1.165, 1.54) is 12.8 Å². The van der Waals surface area contributed by atoms with Gasteiger partial charge in [-0.15, -0.1) is 0 Å².